The van der Waals surface area contributed by atoms with Gasteiger partial charge in [0.2, 0.25) is 0 Å². The molecule has 2 nitrogen and oxygen atoms in total. The Morgan fingerprint density at radius 1 is 1.18 bits per heavy atom. The molecule has 0 aromatic rings. The summed E-state index contributed by atoms with van der Waals surface area (Å²) in [4.78, 5) is 11.5. The average molecular weight is 293 g/mol. The van der Waals surface area contributed by atoms with Crippen LogP contribution in [0.4, 0.5) is 0 Å². The van der Waals surface area contributed by atoms with E-state index in [1.807, 2.05) is 50.3 Å². The number of hydrogen-bond acceptors (Lipinski definition) is 2. The standard InChI is InChI=1S/C20H23NO/c1-7-10-17(11-8-2)14(4)13-18(12-9-3)21-19-15(5)20(22)16(19)6/h7-13,21H,1,4-5H2,2-3,6H3/b11-8-,12-9-,17-10+,18-13+. The molecular formula is C20H23NO. The quantitative estimate of drug-likeness (QED) is 0.545. The summed E-state index contributed by atoms with van der Waals surface area (Å²) in [7, 11) is 0. The van der Waals surface area contributed by atoms with Crippen LogP contribution in [-0.2, 0) is 4.79 Å². The van der Waals surface area contributed by atoms with Crippen LogP contribution in [0, 0.1) is 0 Å². The average Bonchev–Trinajstić information content (AvgIpc) is 2.51. The van der Waals surface area contributed by atoms with Gasteiger partial charge in [0.05, 0.1) is 5.70 Å². The highest BCUT2D eigenvalue weighted by atomic mass is 16.1. The molecule has 114 valence electrons. The Kier molecular flexibility index (Phi) is 6.33. The van der Waals surface area contributed by atoms with Gasteiger partial charge in [-0.15, -0.1) is 0 Å². The third-order valence-corrected chi connectivity index (χ3v) is 3.25. The second-order valence-electron chi connectivity index (χ2n) is 4.92. The minimum atomic E-state index is 0.0160. The maximum absolute atomic E-state index is 11.5. The van der Waals surface area contributed by atoms with Gasteiger partial charge in [0.25, 0.3) is 0 Å². The highest BCUT2D eigenvalue weighted by molar-refractivity contribution is 6.18. The van der Waals surface area contributed by atoms with Gasteiger partial charge in [-0.1, -0.05) is 50.1 Å². The Morgan fingerprint density at radius 2 is 1.82 bits per heavy atom. The molecule has 2 heteroatoms. The van der Waals surface area contributed by atoms with Crippen molar-refractivity contribution in [2.75, 3.05) is 0 Å². The Bertz CT molecular complexity index is 664. The molecule has 0 amide bonds. The van der Waals surface area contributed by atoms with Crippen LogP contribution in [0.25, 0.3) is 0 Å². The van der Waals surface area contributed by atoms with E-state index in [4.69, 9.17) is 0 Å². The van der Waals surface area contributed by atoms with Crippen molar-refractivity contribution in [3.05, 3.63) is 96.0 Å². The van der Waals surface area contributed by atoms with E-state index < -0.39 is 0 Å². The SMILES string of the molecule is C=C/C=C(\C=C/C)C(=C)/C=C(\C=C/C)NC1=C(C)C(=O)C1=C. The summed E-state index contributed by atoms with van der Waals surface area (Å²) < 4.78 is 0. The van der Waals surface area contributed by atoms with E-state index >= 15 is 0 Å². The van der Waals surface area contributed by atoms with E-state index in [-0.39, 0.29) is 5.78 Å². The summed E-state index contributed by atoms with van der Waals surface area (Å²) in [6, 6.07) is 0. The molecule has 0 aromatic carbocycles. The van der Waals surface area contributed by atoms with Crippen LogP contribution >= 0.6 is 0 Å². The Morgan fingerprint density at radius 3 is 2.32 bits per heavy atom. The van der Waals surface area contributed by atoms with E-state index in [0.29, 0.717) is 11.1 Å². The summed E-state index contributed by atoms with van der Waals surface area (Å²) in [6.07, 6.45) is 13.4. The van der Waals surface area contributed by atoms with Crippen molar-refractivity contribution >= 4 is 5.78 Å². The summed E-state index contributed by atoms with van der Waals surface area (Å²) >= 11 is 0. The molecule has 0 spiro atoms. The normalized spacial score (nSPS) is 16.5. The minimum absolute atomic E-state index is 0.0160. The lowest BCUT2D eigenvalue weighted by molar-refractivity contribution is -0.113. The zero-order valence-corrected chi connectivity index (χ0v) is 13.6. The fourth-order valence-electron chi connectivity index (χ4n) is 2.08. The number of nitrogens with one attached hydrogen (secondary N) is 1. The molecule has 0 aliphatic heterocycles. The summed E-state index contributed by atoms with van der Waals surface area (Å²) in [5.74, 6) is 0.0160. The zero-order valence-electron chi connectivity index (χ0n) is 13.6. The van der Waals surface area contributed by atoms with Crippen molar-refractivity contribution in [2.24, 2.45) is 0 Å². The Hall–Kier alpha value is -2.61. The van der Waals surface area contributed by atoms with E-state index in [2.05, 4.69) is 25.1 Å². The lowest BCUT2D eigenvalue weighted by Gasteiger charge is -2.24. The molecule has 0 saturated heterocycles. The largest absolute Gasteiger partial charge is 0.355 e. The van der Waals surface area contributed by atoms with Crippen LogP contribution in [0.1, 0.15) is 20.8 Å². The Labute approximate surface area is 133 Å². The van der Waals surface area contributed by atoms with Gasteiger partial charge in [0.15, 0.2) is 5.78 Å². The van der Waals surface area contributed by atoms with Crippen molar-refractivity contribution in [3.63, 3.8) is 0 Å². The molecule has 0 saturated carbocycles. The smallest absolute Gasteiger partial charge is 0.192 e. The van der Waals surface area contributed by atoms with Gasteiger partial charge in [-0.25, -0.2) is 0 Å². The van der Waals surface area contributed by atoms with Gasteiger partial charge in [-0.3, -0.25) is 4.79 Å². The third kappa shape index (κ3) is 3.95. The first-order chi connectivity index (χ1) is 10.5. The lowest BCUT2D eigenvalue weighted by Crippen LogP contribution is -2.29. The van der Waals surface area contributed by atoms with Crippen molar-refractivity contribution < 1.29 is 4.79 Å². The molecule has 1 aliphatic rings. The summed E-state index contributed by atoms with van der Waals surface area (Å²) in [6.45, 7) is 17.3. The number of carbonyl (C=O) groups is 1. The fraction of sp³-hybridized carbons (Fsp3) is 0.150. The van der Waals surface area contributed by atoms with Crippen LogP contribution in [0.3, 0.4) is 0 Å². The van der Waals surface area contributed by atoms with Gasteiger partial charge in [0, 0.05) is 16.8 Å². The van der Waals surface area contributed by atoms with E-state index in [1.54, 1.807) is 13.0 Å². The van der Waals surface area contributed by atoms with Crippen LogP contribution in [-0.4, -0.2) is 5.78 Å². The molecule has 1 N–H and O–H groups in total. The van der Waals surface area contributed by atoms with Crippen molar-refractivity contribution in [1.82, 2.24) is 5.32 Å². The first kappa shape index (κ1) is 17.4. The van der Waals surface area contributed by atoms with Crippen LogP contribution in [0.5, 0.6) is 0 Å². The molecule has 1 aliphatic carbocycles. The van der Waals surface area contributed by atoms with Gasteiger partial charge in [-0.2, -0.15) is 0 Å². The van der Waals surface area contributed by atoms with Gasteiger partial charge in [0.1, 0.15) is 0 Å². The molecule has 0 fully saturated rings. The van der Waals surface area contributed by atoms with Crippen LogP contribution in [0.15, 0.2) is 96.0 Å². The molecule has 0 atom stereocenters. The maximum atomic E-state index is 11.5. The molecule has 0 aromatic heterocycles. The third-order valence-electron chi connectivity index (χ3n) is 3.25. The van der Waals surface area contributed by atoms with Crippen molar-refractivity contribution in [2.45, 2.75) is 20.8 Å². The van der Waals surface area contributed by atoms with Crippen LogP contribution < -0.4 is 5.32 Å². The number of Topliss-reactive ketones (excluding diaryl/α,β-unsaturated/α-hetero) is 1. The minimum Gasteiger partial charge on any atom is -0.355 e. The van der Waals surface area contributed by atoms with E-state index in [1.165, 1.54) is 0 Å². The second-order valence-corrected chi connectivity index (χ2v) is 4.92. The fourth-order valence-corrected chi connectivity index (χ4v) is 2.08. The number of rotatable bonds is 7. The first-order valence-electron chi connectivity index (χ1n) is 7.17. The maximum Gasteiger partial charge on any atom is 0.192 e. The molecular weight excluding hydrogens is 270 g/mol. The highest BCUT2D eigenvalue weighted by Crippen LogP contribution is 2.27. The monoisotopic (exact) mass is 293 g/mol. The number of hydrogen-bond donors (Lipinski definition) is 1. The van der Waals surface area contributed by atoms with Gasteiger partial charge >= 0.3 is 0 Å². The number of ketones is 1. The zero-order chi connectivity index (χ0) is 16.7. The second kappa shape index (κ2) is 7.99. The molecule has 22 heavy (non-hydrogen) atoms. The van der Waals surface area contributed by atoms with Gasteiger partial charge in [-0.05, 0) is 44.1 Å². The number of carbonyl (C=O) groups excluding carboxylic acids is 1. The molecule has 0 heterocycles. The van der Waals surface area contributed by atoms with E-state index in [0.717, 1.165) is 22.5 Å². The molecule has 1 rings (SSSR count). The van der Waals surface area contributed by atoms with Crippen LogP contribution in [0.2, 0.25) is 0 Å². The highest BCUT2D eigenvalue weighted by Gasteiger charge is 2.28. The predicted molar refractivity (Wildman–Crippen MR) is 95.1 cm³/mol. The van der Waals surface area contributed by atoms with E-state index in [9.17, 15) is 4.79 Å². The molecule has 0 unspecified atom stereocenters. The lowest BCUT2D eigenvalue weighted by atomic mass is 9.88. The molecule has 0 radical (unpaired) electrons. The predicted octanol–water partition coefficient (Wildman–Crippen LogP) is 4.69. The molecule has 0 bridgehead atoms. The Balaban J connectivity index is 3.08. The van der Waals surface area contributed by atoms with Gasteiger partial charge < -0.3 is 5.32 Å². The van der Waals surface area contributed by atoms with Crippen molar-refractivity contribution in [3.8, 4) is 0 Å². The summed E-state index contributed by atoms with van der Waals surface area (Å²) in [5, 5.41) is 3.25. The van der Waals surface area contributed by atoms with Crippen molar-refractivity contribution in [1.29, 1.82) is 0 Å². The first-order valence-corrected chi connectivity index (χ1v) is 7.17. The number of allylic oxidation sites excluding steroid dienone is 11. The summed E-state index contributed by atoms with van der Waals surface area (Å²) in [5.41, 5.74) is 4.72. The topological polar surface area (TPSA) is 29.1 Å².